The molecule has 2 aromatic heterocycles. The summed E-state index contributed by atoms with van der Waals surface area (Å²) in [5, 5.41) is 11.6. The van der Waals surface area contributed by atoms with E-state index < -0.39 is 4.92 Å². The van der Waals surface area contributed by atoms with Gasteiger partial charge in [-0.2, -0.15) is 0 Å². The van der Waals surface area contributed by atoms with Crippen LogP contribution >= 0.6 is 0 Å². The first-order chi connectivity index (χ1) is 14.7. The standard InChI is InChI=1S/C22H13N5O3/c1-2-14-7-8-17-16(9-14)21(15-5-3-4-6-18(15)27(28)29)24-10-19-22(25-12-26(17)19)20-11-23-13-30-20/h1,3-9,11-13H,10H2. The fourth-order valence-corrected chi connectivity index (χ4v) is 3.60. The number of hydrogen-bond acceptors (Lipinski definition) is 6. The number of rotatable bonds is 3. The summed E-state index contributed by atoms with van der Waals surface area (Å²) in [6.45, 7) is 0.248. The molecular weight excluding hydrogens is 382 g/mol. The number of imidazole rings is 1. The second-order valence-corrected chi connectivity index (χ2v) is 6.59. The minimum absolute atomic E-state index is 0.0199. The van der Waals surface area contributed by atoms with Gasteiger partial charge in [0.1, 0.15) is 12.0 Å². The minimum atomic E-state index is -0.407. The van der Waals surface area contributed by atoms with Crippen LogP contribution in [-0.2, 0) is 6.54 Å². The number of nitro groups is 1. The fraction of sp³-hybridized carbons (Fsp3) is 0.0455. The molecule has 5 rings (SSSR count). The summed E-state index contributed by atoms with van der Waals surface area (Å²) in [6, 6.07) is 12.0. The summed E-state index contributed by atoms with van der Waals surface area (Å²) < 4.78 is 7.32. The molecule has 1 aliphatic rings. The van der Waals surface area contributed by atoms with Crippen LogP contribution in [0.5, 0.6) is 0 Å². The molecule has 0 fully saturated rings. The van der Waals surface area contributed by atoms with Crippen molar-refractivity contribution in [2.24, 2.45) is 4.99 Å². The number of para-hydroxylation sites is 1. The predicted octanol–water partition coefficient (Wildman–Crippen LogP) is 3.77. The van der Waals surface area contributed by atoms with Gasteiger partial charge in [-0.25, -0.2) is 9.97 Å². The SMILES string of the molecule is C#Cc1ccc2c(c1)C(c1ccccc1[N+](=O)[O-])=NCc1c(-c3cnco3)ncn1-2. The molecule has 0 unspecified atom stereocenters. The summed E-state index contributed by atoms with van der Waals surface area (Å²) in [6.07, 6.45) is 10.2. The van der Waals surface area contributed by atoms with Crippen molar-refractivity contribution in [3.63, 3.8) is 0 Å². The molecule has 0 radical (unpaired) electrons. The third-order valence-corrected chi connectivity index (χ3v) is 4.95. The molecule has 1 aliphatic heterocycles. The van der Waals surface area contributed by atoms with Crippen LogP contribution in [0.3, 0.4) is 0 Å². The van der Waals surface area contributed by atoms with Crippen molar-refractivity contribution in [2.75, 3.05) is 0 Å². The smallest absolute Gasteiger partial charge is 0.278 e. The van der Waals surface area contributed by atoms with Gasteiger partial charge in [0.2, 0.25) is 0 Å². The molecule has 0 saturated carbocycles. The maximum Gasteiger partial charge on any atom is 0.278 e. The molecule has 0 atom stereocenters. The third kappa shape index (κ3) is 2.69. The Morgan fingerprint density at radius 2 is 2.07 bits per heavy atom. The summed E-state index contributed by atoms with van der Waals surface area (Å²) in [7, 11) is 0. The fourth-order valence-electron chi connectivity index (χ4n) is 3.60. The number of aliphatic imine (C=N–C) groups is 1. The molecule has 4 aromatic rings. The first kappa shape index (κ1) is 17.6. The zero-order valence-electron chi connectivity index (χ0n) is 15.5. The maximum atomic E-state index is 11.6. The van der Waals surface area contributed by atoms with Crippen LogP contribution in [0, 0.1) is 22.5 Å². The molecule has 0 bridgehead atoms. The Labute approximate surface area is 170 Å². The number of nitrogens with zero attached hydrogens (tertiary/aromatic N) is 5. The van der Waals surface area contributed by atoms with Crippen molar-refractivity contribution < 1.29 is 9.34 Å². The van der Waals surface area contributed by atoms with Gasteiger partial charge in [0.05, 0.1) is 40.3 Å². The van der Waals surface area contributed by atoms with E-state index in [0.29, 0.717) is 33.9 Å². The van der Waals surface area contributed by atoms with Crippen molar-refractivity contribution in [3.8, 4) is 29.5 Å². The van der Waals surface area contributed by atoms with E-state index in [1.54, 1.807) is 30.7 Å². The van der Waals surface area contributed by atoms with Crippen molar-refractivity contribution in [1.82, 2.24) is 14.5 Å². The Hall–Kier alpha value is -4.51. The van der Waals surface area contributed by atoms with Crippen molar-refractivity contribution >= 4 is 11.4 Å². The van der Waals surface area contributed by atoms with Crippen LogP contribution in [0.15, 0.2) is 70.8 Å². The molecule has 8 heteroatoms. The second-order valence-electron chi connectivity index (χ2n) is 6.59. The topological polar surface area (TPSA) is 99.3 Å². The van der Waals surface area contributed by atoms with Crippen LogP contribution in [0.25, 0.3) is 17.1 Å². The molecule has 30 heavy (non-hydrogen) atoms. The molecule has 8 nitrogen and oxygen atoms in total. The highest BCUT2D eigenvalue weighted by molar-refractivity contribution is 6.17. The highest BCUT2D eigenvalue weighted by Crippen LogP contribution is 2.33. The van der Waals surface area contributed by atoms with E-state index in [4.69, 9.17) is 15.8 Å². The molecule has 144 valence electrons. The lowest BCUT2D eigenvalue weighted by Crippen LogP contribution is -2.09. The molecule has 2 aromatic carbocycles. The van der Waals surface area contributed by atoms with E-state index >= 15 is 0 Å². The van der Waals surface area contributed by atoms with Crippen LogP contribution in [0.1, 0.15) is 22.4 Å². The average Bonchev–Trinajstić information content (AvgIpc) is 3.41. The van der Waals surface area contributed by atoms with Crippen LogP contribution < -0.4 is 0 Å². The van der Waals surface area contributed by atoms with Gasteiger partial charge >= 0.3 is 0 Å². The van der Waals surface area contributed by atoms with Crippen molar-refractivity contribution in [2.45, 2.75) is 6.54 Å². The van der Waals surface area contributed by atoms with Gasteiger partial charge < -0.3 is 4.42 Å². The molecule has 3 heterocycles. The third-order valence-electron chi connectivity index (χ3n) is 4.95. The van der Waals surface area contributed by atoms with Gasteiger partial charge in [-0.15, -0.1) is 6.42 Å². The number of hydrogen-bond donors (Lipinski definition) is 0. The molecule has 0 amide bonds. The Balaban J connectivity index is 1.79. The van der Waals surface area contributed by atoms with Crippen LogP contribution in [0.2, 0.25) is 0 Å². The predicted molar refractivity (Wildman–Crippen MR) is 109 cm³/mol. The Morgan fingerprint density at radius 3 is 2.83 bits per heavy atom. The minimum Gasteiger partial charge on any atom is -0.442 e. The van der Waals surface area contributed by atoms with Crippen molar-refractivity contribution in [3.05, 3.63) is 93.9 Å². The number of terminal acetylenes is 1. The lowest BCUT2D eigenvalue weighted by molar-refractivity contribution is -0.385. The van der Waals surface area contributed by atoms with Crippen LogP contribution in [-0.4, -0.2) is 25.2 Å². The number of benzene rings is 2. The Kier molecular flexibility index (Phi) is 4.00. The van der Waals surface area contributed by atoms with E-state index in [0.717, 1.165) is 11.4 Å². The molecule has 0 aliphatic carbocycles. The highest BCUT2D eigenvalue weighted by atomic mass is 16.6. The highest BCUT2D eigenvalue weighted by Gasteiger charge is 2.26. The van der Waals surface area contributed by atoms with Gasteiger partial charge in [0, 0.05) is 17.2 Å². The van der Waals surface area contributed by atoms with Gasteiger partial charge in [-0.1, -0.05) is 18.1 Å². The number of nitro benzene ring substituents is 1. The molecular formula is C22H13N5O3. The molecule has 0 spiro atoms. The monoisotopic (exact) mass is 395 g/mol. The Morgan fingerprint density at radius 1 is 1.20 bits per heavy atom. The van der Waals surface area contributed by atoms with E-state index in [9.17, 15) is 10.1 Å². The van der Waals surface area contributed by atoms with Crippen molar-refractivity contribution in [1.29, 1.82) is 0 Å². The maximum absolute atomic E-state index is 11.6. The second kappa shape index (κ2) is 6.83. The van der Waals surface area contributed by atoms with E-state index in [2.05, 4.69) is 15.9 Å². The first-order valence-corrected chi connectivity index (χ1v) is 9.02. The van der Waals surface area contributed by atoms with E-state index in [1.165, 1.54) is 12.5 Å². The number of aromatic nitrogens is 3. The van der Waals surface area contributed by atoms with Gasteiger partial charge in [0.15, 0.2) is 12.2 Å². The quantitative estimate of drug-likeness (QED) is 0.299. The number of fused-ring (bicyclic) bond motifs is 3. The summed E-state index contributed by atoms with van der Waals surface area (Å²) >= 11 is 0. The largest absolute Gasteiger partial charge is 0.442 e. The average molecular weight is 395 g/mol. The van der Waals surface area contributed by atoms with E-state index in [1.807, 2.05) is 22.8 Å². The lowest BCUT2D eigenvalue weighted by Gasteiger charge is -2.12. The lowest BCUT2D eigenvalue weighted by atomic mass is 9.97. The molecule has 0 N–H and O–H groups in total. The van der Waals surface area contributed by atoms with Gasteiger partial charge in [0.25, 0.3) is 5.69 Å². The van der Waals surface area contributed by atoms with Crippen LogP contribution in [0.4, 0.5) is 5.69 Å². The molecule has 0 saturated heterocycles. The summed E-state index contributed by atoms with van der Waals surface area (Å²) in [5.74, 6) is 3.14. The normalized spacial score (nSPS) is 12.3. The van der Waals surface area contributed by atoms with E-state index in [-0.39, 0.29) is 12.2 Å². The Bertz CT molecular complexity index is 1360. The van der Waals surface area contributed by atoms with Gasteiger partial charge in [-0.3, -0.25) is 19.7 Å². The van der Waals surface area contributed by atoms with Gasteiger partial charge in [-0.05, 0) is 24.3 Å². The zero-order valence-corrected chi connectivity index (χ0v) is 15.5. The number of oxazole rings is 1. The summed E-state index contributed by atoms with van der Waals surface area (Å²) in [5.41, 5.74) is 4.44. The first-order valence-electron chi connectivity index (χ1n) is 9.02. The summed E-state index contributed by atoms with van der Waals surface area (Å²) in [4.78, 5) is 24.4. The zero-order chi connectivity index (χ0) is 20.7.